The van der Waals surface area contributed by atoms with Gasteiger partial charge >= 0.3 is 0 Å². The summed E-state index contributed by atoms with van der Waals surface area (Å²) in [5.41, 5.74) is 6.51. The fourth-order valence-electron chi connectivity index (χ4n) is 4.83. The normalized spacial score (nSPS) is 17.6. The molecule has 0 radical (unpaired) electrons. The van der Waals surface area contributed by atoms with Gasteiger partial charge in [0.1, 0.15) is 5.75 Å². The van der Waals surface area contributed by atoms with Crippen molar-refractivity contribution in [1.82, 2.24) is 14.9 Å². The monoisotopic (exact) mass is 532 g/mol. The van der Waals surface area contributed by atoms with Gasteiger partial charge in [-0.2, -0.15) is 0 Å². The molecule has 2 atom stereocenters. The molecular weight excluding hydrogens is 508 g/mol. The van der Waals surface area contributed by atoms with Crippen molar-refractivity contribution in [1.29, 1.82) is 0 Å². The highest BCUT2D eigenvalue weighted by Gasteiger charge is 2.43. The van der Waals surface area contributed by atoms with Crippen molar-refractivity contribution in [3.63, 3.8) is 0 Å². The van der Waals surface area contributed by atoms with Crippen molar-refractivity contribution in [3.05, 3.63) is 106 Å². The van der Waals surface area contributed by atoms with Crippen molar-refractivity contribution in [3.8, 4) is 11.4 Å². The van der Waals surface area contributed by atoms with E-state index in [9.17, 15) is 0 Å². The van der Waals surface area contributed by atoms with Crippen LogP contribution in [0.1, 0.15) is 34.7 Å². The fourth-order valence-corrected chi connectivity index (χ4v) is 5.44. The minimum absolute atomic E-state index is 0.103. The van der Waals surface area contributed by atoms with Gasteiger partial charge < -0.3 is 19.5 Å². The molecule has 0 bridgehead atoms. The number of halogens is 1. The molecule has 34 heavy (non-hydrogen) atoms. The van der Waals surface area contributed by atoms with Gasteiger partial charge in [0.05, 0.1) is 30.6 Å². The molecule has 2 aromatic heterocycles. The number of nitrogens with one attached hydrogen (secondary N) is 1. The standard InChI is InChI=1S/C27H25BrN4OS/c1-17-16-21(18(2)31(17)20-13-11-19(28)12-14-20)26-25(22-8-6-7-15-29-22)30-27(34)32(26)23-9-4-5-10-24(23)33-3/h4-16,25-26H,1-3H3,(H,30,34)/t25-,26+/m0/s1. The Morgan fingerprint density at radius 2 is 1.74 bits per heavy atom. The molecular formula is C27H25BrN4OS. The van der Waals surface area contributed by atoms with Gasteiger partial charge in [0, 0.05) is 27.7 Å². The summed E-state index contributed by atoms with van der Waals surface area (Å²) in [6.07, 6.45) is 1.83. The van der Waals surface area contributed by atoms with E-state index in [0.717, 1.165) is 38.7 Å². The van der Waals surface area contributed by atoms with Crippen LogP contribution in [0.3, 0.4) is 0 Å². The Bertz CT molecular complexity index is 1340. The van der Waals surface area contributed by atoms with Crippen LogP contribution >= 0.6 is 28.1 Å². The van der Waals surface area contributed by atoms with Crippen molar-refractivity contribution in [2.75, 3.05) is 12.0 Å². The smallest absolute Gasteiger partial charge is 0.174 e. The molecule has 1 aliphatic rings. The Balaban J connectivity index is 1.70. The van der Waals surface area contributed by atoms with Gasteiger partial charge in [0.2, 0.25) is 0 Å². The van der Waals surface area contributed by atoms with Crippen LogP contribution in [0.4, 0.5) is 5.69 Å². The van der Waals surface area contributed by atoms with Gasteiger partial charge in [0.25, 0.3) is 0 Å². The number of para-hydroxylation sites is 2. The molecule has 1 N–H and O–H groups in total. The van der Waals surface area contributed by atoms with Crippen LogP contribution in [-0.2, 0) is 0 Å². The second kappa shape index (κ2) is 9.24. The third kappa shape index (κ3) is 3.89. The zero-order valence-electron chi connectivity index (χ0n) is 19.2. The molecule has 3 heterocycles. The highest BCUT2D eigenvalue weighted by molar-refractivity contribution is 9.10. The number of ether oxygens (including phenoxy) is 1. The lowest BCUT2D eigenvalue weighted by Gasteiger charge is -2.29. The van der Waals surface area contributed by atoms with Gasteiger partial charge in [-0.1, -0.05) is 34.1 Å². The number of pyridine rings is 1. The molecule has 1 saturated heterocycles. The van der Waals surface area contributed by atoms with E-state index in [1.54, 1.807) is 7.11 Å². The molecule has 2 aromatic carbocycles. The summed E-state index contributed by atoms with van der Waals surface area (Å²) in [4.78, 5) is 6.84. The SMILES string of the molecule is COc1ccccc1N1C(=S)N[C@@H](c2ccccn2)[C@H]1c1cc(C)n(-c2ccc(Br)cc2)c1C. The highest BCUT2D eigenvalue weighted by Crippen LogP contribution is 2.46. The van der Waals surface area contributed by atoms with E-state index in [1.165, 1.54) is 5.56 Å². The minimum Gasteiger partial charge on any atom is -0.495 e. The van der Waals surface area contributed by atoms with Gasteiger partial charge in [-0.25, -0.2) is 0 Å². The number of nitrogens with zero attached hydrogens (tertiary/aromatic N) is 3. The van der Waals surface area contributed by atoms with Crippen LogP contribution in [-0.4, -0.2) is 21.8 Å². The largest absolute Gasteiger partial charge is 0.495 e. The lowest BCUT2D eigenvalue weighted by atomic mass is 9.96. The van der Waals surface area contributed by atoms with Gasteiger partial charge in [-0.15, -0.1) is 0 Å². The number of benzene rings is 2. The Morgan fingerprint density at radius 3 is 2.44 bits per heavy atom. The van der Waals surface area contributed by atoms with E-state index in [2.05, 4.69) is 85.9 Å². The number of hydrogen-bond donors (Lipinski definition) is 1. The highest BCUT2D eigenvalue weighted by atomic mass is 79.9. The quantitative estimate of drug-likeness (QED) is 0.299. The third-order valence-corrected chi connectivity index (χ3v) is 7.16. The van der Waals surface area contributed by atoms with Crippen molar-refractivity contribution in [2.45, 2.75) is 25.9 Å². The molecule has 0 unspecified atom stereocenters. The maximum Gasteiger partial charge on any atom is 0.174 e. The second-order valence-corrected chi connectivity index (χ2v) is 9.61. The van der Waals surface area contributed by atoms with Crippen LogP contribution in [0, 0.1) is 13.8 Å². The zero-order chi connectivity index (χ0) is 23.8. The maximum atomic E-state index is 5.89. The molecule has 5 rings (SSSR count). The van der Waals surface area contributed by atoms with Gasteiger partial charge in [-0.3, -0.25) is 4.98 Å². The van der Waals surface area contributed by atoms with Crippen LogP contribution in [0.5, 0.6) is 5.75 Å². The van der Waals surface area contributed by atoms with E-state index in [0.29, 0.717) is 5.11 Å². The maximum absolute atomic E-state index is 5.89. The number of rotatable bonds is 5. The summed E-state index contributed by atoms with van der Waals surface area (Å²) < 4.78 is 9.06. The summed E-state index contributed by atoms with van der Waals surface area (Å²) in [5.74, 6) is 0.778. The van der Waals surface area contributed by atoms with E-state index in [1.807, 2.05) is 42.6 Å². The fraction of sp³-hybridized carbons (Fsp3) is 0.185. The first-order chi connectivity index (χ1) is 16.5. The summed E-state index contributed by atoms with van der Waals surface area (Å²) in [7, 11) is 1.69. The van der Waals surface area contributed by atoms with Gasteiger partial charge in [-0.05, 0) is 86.2 Å². The molecule has 1 fully saturated rings. The number of aromatic nitrogens is 2. The lowest BCUT2D eigenvalue weighted by Crippen LogP contribution is -2.30. The average Bonchev–Trinajstić information content (AvgIpc) is 3.35. The van der Waals surface area contributed by atoms with Crippen LogP contribution in [0.25, 0.3) is 5.69 Å². The Hall–Kier alpha value is -3.16. The summed E-state index contributed by atoms with van der Waals surface area (Å²) in [6.45, 7) is 4.31. The van der Waals surface area contributed by atoms with Crippen molar-refractivity contribution < 1.29 is 4.74 Å². The summed E-state index contributed by atoms with van der Waals surface area (Å²) in [5, 5.41) is 4.20. The minimum atomic E-state index is -0.113. The summed E-state index contributed by atoms with van der Waals surface area (Å²) in [6, 6.07) is 24.4. The average molecular weight is 533 g/mol. The Kier molecular flexibility index (Phi) is 6.15. The van der Waals surface area contributed by atoms with Crippen LogP contribution in [0.2, 0.25) is 0 Å². The predicted molar refractivity (Wildman–Crippen MR) is 144 cm³/mol. The topological polar surface area (TPSA) is 42.3 Å². The number of methoxy groups -OCH3 is 1. The zero-order valence-corrected chi connectivity index (χ0v) is 21.6. The molecule has 0 amide bonds. The molecule has 0 aliphatic carbocycles. The first-order valence-corrected chi connectivity index (χ1v) is 12.3. The van der Waals surface area contributed by atoms with E-state index in [-0.39, 0.29) is 12.1 Å². The molecule has 0 spiro atoms. The van der Waals surface area contributed by atoms with E-state index in [4.69, 9.17) is 17.0 Å². The first kappa shape index (κ1) is 22.6. The first-order valence-electron chi connectivity index (χ1n) is 11.1. The second-order valence-electron chi connectivity index (χ2n) is 8.31. The number of aryl methyl sites for hydroxylation is 1. The molecule has 1 aliphatic heterocycles. The van der Waals surface area contributed by atoms with Crippen LogP contribution < -0.4 is 15.0 Å². The lowest BCUT2D eigenvalue weighted by molar-refractivity contribution is 0.414. The number of hydrogen-bond acceptors (Lipinski definition) is 3. The number of thiocarbonyl (C=S) groups is 1. The molecule has 4 aromatic rings. The molecule has 7 heteroatoms. The third-order valence-electron chi connectivity index (χ3n) is 6.32. The molecule has 5 nitrogen and oxygen atoms in total. The summed E-state index contributed by atoms with van der Waals surface area (Å²) >= 11 is 9.44. The van der Waals surface area contributed by atoms with Crippen molar-refractivity contribution in [2.24, 2.45) is 0 Å². The predicted octanol–water partition coefficient (Wildman–Crippen LogP) is 6.44. The van der Waals surface area contributed by atoms with Crippen LogP contribution in [0.15, 0.2) is 83.5 Å². The Morgan fingerprint density at radius 1 is 1.00 bits per heavy atom. The van der Waals surface area contributed by atoms with E-state index >= 15 is 0 Å². The van der Waals surface area contributed by atoms with E-state index < -0.39 is 0 Å². The molecule has 172 valence electrons. The Labute approximate surface area is 213 Å². The molecule has 0 saturated carbocycles. The van der Waals surface area contributed by atoms with Gasteiger partial charge in [0.15, 0.2) is 5.11 Å². The number of anilines is 1. The van der Waals surface area contributed by atoms with Crippen molar-refractivity contribution >= 4 is 38.9 Å².